The first kappa shape index (κ1) is 11.7. The molecule has 2 heteroatoms. The van der Waals surface area contributed by atoms with E-state index in [1.807, 2.05) is 6.20 Å². The summed E-state index contributed by atoms with van der Waals surface area (Å²) in [5.41, 5.74) is 0. The van der Waals surface area contributed by atoms with E-state index < -0.39 is 0 Å². The zero-order valence-corrected chi connectivity index (χ0v) is 10.9. The van der Waals surface area contributed by atoms with Crippen molar-refractivity contribution >= 4 is 0 Å². The molecule has 1 aliphatic carbocycles. The van der Waals surface area contributed by atoms with Crippen molar-refractivity contribution in [2.24, 2.45) is 17.8 Å². The summed E-state index contributed by atoms with van der Waals surface area (Å²) in [5, 5.41) is 0. The second kappa shape index (κ2) is 4.60. The lowest BCUT2D eigenvalue weighted by Crippen LogP contribution is -2.26. The molecular formula is C14H23NO. The van der Waals surface area contributed by atoms with Crippen molar-refractivity contribution in [1.82, 2.24) is 4.98 Å². The van der Waals surface area contributed by atoms with Gasteiger partial charge in [0.05, 0.1) is 6.20 Å². The smallest absolute Gasteiger partial charge is 0.197 e. The quantitative estimate of drug-likeness (QED) is 0.767. The van der Waals surface area contributed by atoms with Crippen molar-refractivity contribution in [2.45, 2.75) is 52.9 Å². The minimum Gasteiger partial charge on any atom is -0.445 e. The molecule has 1 heterocycles. The van der Waals surface area contributed by atoms with Crippen molar-refractivity contribution in [3.8, 4) is 0 Å². The Balaban J connectivity index is 1.89. The third-order valence-corrected chi connectivity index (χ3v) is 3.65. The van der Waals surface area contributed by atoms with Crippen LogP contribution in [0.4, 0.5) is 0 Å². The Labute approximate surface area is 98.5 Å². The van der Waals surface area contributed by atoms with Gasteiger partial charge in [-0.25, -0.2) is 4.98 Å². The van der Waals surface area contributed by atoms with Gasteiger partial charge in [0.25, 0.3) is 0 Å². The van der Waals surface area contributed by atoms with Gasteiger partial charge < -0.3 is 4.42 Å². The van der Waals surface area contributed by atoms with Gasteiger partial charge in [-0.05, 0) is 30.6 Å². The summed E-state index contributed by atoms with van der Waals surface area (Å²) < 4.78 is 5.82. The molecule has 0 aliphatic heterocycles. The summed E-state index contributed by atoms with van der Waals surface area (Å²) in [7, 11) is 0. The lowest BCUT2D eigenvalue weighted by molar-refractivity contribution is 0.171. The van der Waals surface area contributed by atoms with Gasteiger partial charge in [0, 0.05) is 12.3 Å². The van der Waals surface area contributed by atoms with Gasteiger partial charge in [-0.15, -0.1) is 0 Å². The zero-order valence-electron chi connectivity index (χ0n) is 10.9. The second-order valence-electron chi connectivity index (χ2n) is 5.94. The average molecular weight is 221 g/mol. The van der Waals surface area contributed by atoms with Crippen LogP contribution in [0.25, 0.3) is 0 Å². The molecule has 16 heavy (non-hydrogen) atoms. The first-order chi connectivity index (χ1) is 7.56. The maximum absolute atomic E-state index is 5.82. The SMILES string of the molecule is CC(C)Cc1cnc(C2CC(C(C)C)C2)o1. The predicted octanol–water partition coefficient (Wildman–Crippen LogP) is 4.02. The second-order valence-corrected chi connectivity index (χ2v) is 5.94. The zero-order chi connectivity index (χ0) is 11.7. The van der Waals surface area contributed by atoms with Crippen molar-refractivity contribution in [3.63, 3.8) is 0 Å². The molecule has 0 saturated heterocycles. The van der Waals surface area contributed by atoms with Crippen LogP contribution in [0.15, 0.2) is 10.6 Å². The van der Waals surface area contributed by atoms with Crippen molar-refractivity contribution in [1.29, 1.82) is 0 Å². The predicted molar refractivity (Wildman–Crippen MR) is 65.3 cm³/mol. The van der Waals surface area contributed by atoms with Gasteiger partial charge in [-0.1, -0.05) is 27.7 Å². The molecule has 0 amide bonds. The number of hydrogen-bond acceptors (Lipinski definition) is 2. The van der Waals surface area contributed by atoms with Crippen LogP contribution in [0, 0.1) is 17.8 Å². The fraction of sp³-hybridized carbons (Fsp3) is 0.786. The highest BCUT2D eigenvalue weighted by Crippen LogP contribution is 2.44. The van der Waals surface area contributed by atoms with E-state index in [2.05, 4.69) is 32.7 Å². The molecule has 1 aromatic heterocycles. The molecule has 0 N–H and O–H groups in total. The van der Waals surface area contributed by atoms with Crippen molar-refractivity contribution < 1.29 is 4.42 Å². The Bertz CT molecular complexity index is 334. The van der Waals surface area contributed by atoms with E-state index in [4.69, 9.17) is 4.42 Å². The van der Waals surface area contributed by atoms with E-state index in [0.29, 0.717) is 11.8 Å². The van der Waals surface area contributed by atoms with Crippen LogP contribution < -0.4 is 0 Å². The van der Waals surface area contributed by atoms with E-state index in [1.165, 1.54) is 12.8 Å². The van der Waals surface area contributed by atoms with Gasteiger partial charge in [0.2, 0.25) is 0 Å². The van der Waals surface area contributed by atoms with Crippen LogP contribution in [-0.2, 0) is 6.42 Å². The number of nitrogens with zero attached hydrogens (tertiary/aromatic N) is 1. The van der Waals surface area contributed by atoms with Crippen LogP contribution in [0.2, 0.25) is 0 Å². The molecule has 2 nitrogen and oxygen atoms in total. The molecule has 1 aliphatic rings. The molecule has 0 bridgehead atoms. The summed E-state index contributed by atoms with van der Waals surface area (Å²) in [6.07, 6.45) is 5.45. The minimum absolute atomic E-state index is 0.591. The van der Waals surface area contributed by atoms with E-state index >= 15 is 0 Å². The summed E-state index contributed by atoms with van der Waals surface area (Å²) in [6.45, 7) is 9.03. The van der Waals surface area contributed by atoms with E-state index in [-0.39, 0.29) is 0 Å². The number of aromatic nitrogens is 1. The van der Waals surface area contributed by atoms with Gasteiger partial charge in [-0.3, -0.25) is 0 Å². The molecule has 0 unspecified atom stereocenters. The first-order valence-electron chi connectivity index (χ1n) is 6.50. The fourth-order valence-corrected chi connectivity index (χ4v) is 2.42. The summed E-state index contributed by atoms with van der Waals surface area (Å²) >= 11 is 0. The Morgan fingerprint density at radius 2 is 2.00 bits per heavy atom. The Hall–Kier alpha value is -0.790. The highest BCUT2D eigenvalue weighted by Gasteiger charge is 2.35. The highest BCUT2D eigenvalue weighted by atomic mass is 16.4. The van der Waals surface area contributed by atoms with Crippen molar-refractivity contribution in [2.75, 3.05) is 0 Å². The van der Waals surface area contributed by atoms with E-state index in [0.717, 1.165) is 29.9 Å². The first-order valence-corrected chi connectivity index (χ1v) is 6.50. The summed E-state index contributed by atoms with van der Waals surface area (Å²) in [4.78, 5) is 4.42. The lowest BCUT2D eigenvalue weighted by atomic mass is 9.69. The maximum atomic E-state index is 5.82. The van der Waals surface area contributed by atoms with Crippen LogP contribution in [0.5, 0.6) is 0 Å². The molecule has 90 valence electrons. The van der Waals surface area contributed by atoms with Crippen LogP contribution >= 0.6 is 0 Å². The highest BCUT2D eigenvalue weighted by molar-refractivity contribution is 5.04. The van der Waals surface area contributed by atoms with Crippen molar-refractivity contribution in [3.05, 3.63) is 17.8 Å². The molecule has 1 aromatic rings. The van der Waals surface area contributed by atoms with E-state index in [9.17, 15) is 0 Å². The van der Waals surface area contributed by atoms with Crippen LogP contribution in [0.3, 0.4) is 0 Å². The summed E-state index contributed by atoms with van der Waals surface area (Å²) in [5.74, 6) is 4.95. The third-order valence-electron chi connectivity index (χ3n) is 3.65. The molecule has 0 aromatic carbocycles. The summed E-state index contributed by atoms with van der Waals surface area (Å²) in [6, 6.07) is 0. The molecule has 0 spiro atoms. The fourth-order valence-electron chi connectivity index (χ4n) is 2.42. The Morgan fingerprint density at radius 1 is 1.31 bits per heavy atom. The van der Waals surface area contributed by atoms with Gasteiger partial charge >= 0.3 is 0 Å². The van der Waals surface area contributed by atoms with Gasteiger partial charge in [0.1, 0.15) is 5.76 Å². The number of rotatable bonds is 4. The molecule has 1 saturated carbocycles. The third kappa shape index (κ3) is 2.47. The number of hydrogen-bond donors (Lipinski definition) is 0. The number of oxazole rings is 1. The topological polar surface area (TPSA) is 26.0 Å². The molecular weight excluding hydrogens is 198 g/mol. The Kier molecular flexibility index (Phi) is 3.36. The van der Waals surface area contributed by atoms with E-state index in [1.54, 1.807) is 0 Å². The minimum atomic E-state index is 0.591. The maximum Gasteiger partial charge on any atom is 0.197 e. The molecule has 0 radical (unpaired) electrons. The standard InChI is InChI=1S/C14H23NO/c1-9(2)5-13-8-15-14(16-13)12-6-11(7-12)10(3)4/h8-12H,5-7H2,1-4H3. The molecule has 0 atom stereocenters. The van der Waals surface area contributed by atoms with Gasteiger partial charge in [0.15, 0.2) is 5.89 Å². The van der Waals surface area contributed by atoms with Crippen LogP contribution in [-0.4, -0.2) is 4.98 Å². The monoisotopic (exact) mass is 221 g/mol. The molecule has 2 rings (SSSR count). The largest absolute Gasteiger partial charge is 0.445 e. The normalized spacial score (nSPS) is 25.1. The van der Waals surface area contributed by atoms with Crippen LogP contribution in [0.1, 0.15) is 58.1 Å². The Morgan fingerprint density at radius 3 is 2.56 bits per heavy atom. The molecule has 1 fully saturated rings. The average Bonchev–Trinajstić information content (AvgIpc) is 2.48. The lowest BCUT2D eigenvalue weighted by Gasteiger charge is -2.36. The van der Waals surface area contributed by atoms with Gasteiger partial charge in [-0.2, -0.15) is 0 Å².